The van der Waals surface area contributed by atoms with Crippen LogP contribution in [-0.4, -0.2) is 61.3 Å². The highest BCUT2D eigenvalue weighted by Crippen LogP contribution is 2.52. The van der Waals surface area contributed by atoms with Crippen LogP contribution in [0.15, 0.2) is 24.3 Å². The van der Waals surface area contributed by atoms with E-state index in [1.165, 1.54) is 47.6 Å². The number of anilines is 3. The summed E-state index contributed by atoms with van der Waals surface area (Å²) in [4.78, 5) is 1.08. The fraction of sp³-hybridized carbons (Fsp3) is 0.478. The summed E-state index contributed by atoms with van der Waals surface area (Å²) in [7, 11) is 2.65. The van der Waals surface area contributed by atoms with Crippen molar-refractivity contribution in [3.63, 3.8) is 0 Å². The summed E-state index contributed by atoms with van der Waals surface area (Å²) in [5.41, 5.74) is -0.771. The molecule has 0 aromatic heterocycles. The lowest BCUT2D eigenvalue weighted by Crippen LogP contribution is -2.41. The Morgan fingerprint density at radius 1 is 1.06 bits per heavy atom. The summed E-state index contributed by atoms with van der Waals surface area (Å²) in [6, 6.07) is 5.02. The molecule has 0 bridgehead atoms. The fourth-order valence-corrected chi connectivity index (χ4v) is 6.61. The van der Waals surface area contributed by atoms with E-state index in [0.29, 0.717) is 16.4 Å². The molecule has 7 nitrogen and oxygen atoms in total. The second-order valence-electron chi connectivity index (χ2n) is 8.40. The van der Waals surface area contributed by atoms with Gasteiger partial charge in [-0.3, -0.25) is 4.31 Å². The van der Waals surface area contributed by atoms with E-state index in [4.69, 9.17) is 14.2 Å². The molecule has 1 fully saturated rings. The topological polar surface area (TPSA) is 68.3 Å². The van der Waals surface area contributed by atoms with Gasteiger partial charge in [0.15, 0.2) is 11.6 Å². The summed E-state index contributed by atoms with van der Waals surface area (Å²) in [5.74, 6) is -3.48. The molecule has 194 valence electrons. The maximum Gasteiger partial charge on any atom is 0.240 e. The third kappa shape index (κ3) is 5.20. The molecule has 0 saturated heterocycles. The largest absolute Gasteiger partial charge is 0.494 e. The van der Waals surface area contributed by atoms with Crippen LogP contribution in [-0.2, 0) is 19.5 Å². The zero-order valence-corrected chi connectivity index (χ0v) is 23.0. The van der Waals surface area contributed by atoms with E-state index in [1.54, 1.807) is 6.07 Å². The van der Waals surface area contributed by atoms with Crippen LogP contribution < -0.4 is 13.9 Å². The van der Waals surface area contributed by atoms with E-state index in [2.05, 4.69) is 0 Å². The second-order valence-corrected chi connectivity index (χ2v) is 12.0. The monoisotopic (exact) mass is 628 g/mol. The van der Waals surface area contributed by atoms with Crippen molar-refractivity contribution in [2.45, 2.75) is 30.1 Å². The van der Waals surface area contributed by atoms with E-state index in [0.717, 1.165) is 15.3 Å². The quantitative estimate of drug-likeness (QED) is 0.332. The van der Waals surface area contributed by atoms with Gasteiger partial charge in [0, 0.05) is 38.0 Å². The second kappa shape index (κ2) is 10.7. The summed E-state index contributed by atoms with van der Waals surface area (Å²) >= 11 is 1.93. The highest BCUT2D eigenvalue weighted by Gasteiger charge is 2.58. The molecule has 2 aromatic carbocycles. The zero-order valence-electron chi connectivity index (χ0n) is 20.1. The van der Waals surface area contributed by atoms with E-state index >= 15 is 4.39 Å². The maximum atomic E-state index is 15.3. The third-order valence-corrected chi connectivity index (χ3v) is 9.52. The van der Waals surface area contributed by atoms with Gasteiger partial charge in [0.1, 0.15) is 22.9 Å². The number of halogens is 4. The van der Waals surface area contributed by atoms with Gasteiger partial charge in [-0.25, -0.2) is 21.6 Å². The van der Waals surface area contributed by atoms with Gasteiger partial charge in [-0.2, -0.15) is 0 Å². The normalized spacial score (nSPS) is 15.6. The Hall–Kier alpha value is -1.77. The highest BCUT2D eigenvalue weighted by molar-refractivity contribution is 14.1. The molecule has 0 spiro atoms. The van der Waals surface area contributed by atoms with Gasteiger partial charge < -0.3 is 19.1 Å². The SMILES string of the molecule is COC[C@@H](CC1(S(=O)(=O)N(C)c2c(OC)cc(F)c(F)c2N(C)c2ccc(I)cc2F)CC1)OC. The maximum absolute atomic E-state index is 15.3. The Bertz CT molecular complexity index is 1190. The zero-order chi connectivity index (χ0) is 26.1. The first-order valence-electron chi connectivity index (χ1n) is 10.7. The standard InChI is InChI=1S/C23H28F3IN2O5S/c1-28(18-7-6-14(27)10-16(18)24)22-20(26)17(25)11-19(34-5)21(22)29(2)35(30,31)23(8-9-23)12-15(33-4)13-32-3/h6-7,10-11,15H,8-9,12-13H2,1-5H3/t15-/m1/s1. The number of hydrogen-bond acceptors (Lipinski definition) is 6. The molecular formula is C23H28F3IN2O5S. The number of ether oxygens (including phenoxy) is 3. The summed E-state index contributed by atoms with van der Waals surface area (Å²) in [6.07, 6.45) is 0.422. The summed E-state index contributed by atoms with van der Waals surface area (Å²) in [6.45, 7) is 0.200. The molecule has 0 heterocycles. The first-order chi connectivity index (χ1) is 16.4. The van der Waals surface area contributed by atoms with Crippen LogP contribution in [0.1, 0.15) is 19.3 Å². The number of methoxy groups -OCH3 is 3. The van der Waals surface area contributed by atoms with Gasteiger partial charge >= 0.3 is 0 Å². The molecule has 0 N–H and O–H groups in total. The Labute approximate surface area is 217 Å². The molecule has 35 heavy (non-hydrogen) atoms. The van der Waals surface area contributed by atoms with E-state index in [-0.39, 0.29) is 30.2 Å². The lowest BCUT2D eigenvalue weighted by atomic mass is 10.1. The molecule has 1 atom stereocenters. The lowest BCUT2D eigenvalue weighted by molar-refractivity contribution is 0.0218. The van der Waals surface area contributed by atoms with Gasteiger partial charge in [0.25, 0.3) is 0 Å². The smallest absolute Gasteiger partial charge is 0.240 e. The molecule has 12 heteroatoms. The number of rotatable bonds is 11. The average molecular weight is 628 g/mol. The van der Waals surface area contributed by atoms with Crippen molar-refractivity contribution in [2.24, 2.45) is 0 Å². The summed E-state index contributed by atoms with van der Waals surface area (Å²) in [5, 5.41) is 0. The molecule has 1 aliphatic carbocycles. The Morgan fingerprint density at radius 3 is 2.23 bits per heavy atom. The van der Waals surface area contributed by atoms with Crippen LogP contribution in [0.25, 0.3) is 0 Å². The van der Waals surface area contributed by atoms with Crippen LogP contribution in [0.5, 0.6) is 5.75 Å². The molecule has 0 amide bonds. The predicted molar refractivity (Wildman–Crippen MR) is 137 cm³/mol. The highest BCUT2D eigenvalue weighted by atomic mass is 127. The first kappa shape index (κ1) is 27.8. The molecule has 0 unspecified atom stereocenters. The minimum atomic E-state index is -4.11. The number of nitrogens with zero attached hydrogens (tertiary/aromatic N) is 2. The number of hydrogen-bond donors (Lipinski definition) is 0. The molecule has 2 aromatic rings. The Kier molecular flexibility index (Phi) is 8.49. The van der Waals surface area contributed by atoms with Crippen LogP contribution in [0.2, 0.25) is 0 Å². The first-order valence-corrected chi connectivity index (χ1v) is 13.2. The van der Waals surface area contributed by atoms with Gasteiger partial charge in [-0.05, 0) is 60.1 Å². The fourth-order valence-electron chi connectivity index (χ4n) is 4.15. The van der Waals surface area contributed by atoms with Gasteiger partial charge in [0.2, 0.25) is 10.0 Å². The number of sulfonamides is 1. The van der Waals surface area contributed by atoms with Gasteiger partial charge in [-0.1, -0.05) is 0 Å². The Morgan fingerprint density at radius 2 is 1.71 bits per heavy atom. The lowest BCUT2D eigenvalue weighted by Gasteiger charge is -2.33. The van der Waals surface area contributed by atoms with Crippen molar-refractivity contribution in [3.05, 3.63) is 45.3 Å². The molecule has 0 radical (unpaired) electrons. The van der Waals surface area contributed by atoms with Crippen molar-refractivity contribution in [1.29, 1.82) is 0 Å². The third-order valence-electron chi connectivity index (χ3n) is 6.28. The van der Waals surface area contributed by atoms with Crippen molar-refractivity contribution >= 4 is 49.7 Å². The van der Waals surface area contributed by atoms with Crippen molar-refractivity contribution in [2.75, 3.05) is 51.2 Å². The van der Waals surface area contributed by atoms with Gasteiger partial charge in [0.05, 0.1) is 30.3 Å². The molecule has 1 saturated carbocycles. The molecule has 3 rings (SSSR count). The van der Waals surface area contributed by atoms with Crippen LogP contribution in [0.4, 0.5) is 30.2 Å². The molecule has 0 aliphatic heterocycles. The molecule has 1 aliphatic rings. The molecular weight excluding hydrogens is 600 g/mol. The minimum absolute atomic E-state index is 0.0651. The van der Waals surface area contributed by atoms with E-state index in [9.17, 15) is 17.2 Å². The van der Waals surface area contributed by atoms with Crippen LogP contribution in [0, 0.1) is 21.0 Å². The minimum Gasteiger partial charge on any atom is -0.494 e. The van der Waals surface area contributed by atoms with Crippen LogP contribution in [0.3, 0.4) is 0 Å². The van der Waals surface area contributed by atoms with Crippen molar-refractivity contribution < 1.29 is 35.8 Å². The van der Waals surface area contributed by atoms with Gasteiger partial charge in [-0.15, -0.1) is 0 Å². The van der Waals surface area contributed by atoms with Crippen molar-refractivity contribution in [1.82, 2.24) is 0 Å². The van der Waals surface area contributed by atoms with Crippen LogP contribution >= 0.6 is 22.6 Å². The van der Waals surface area contributed by atoms with E-state index < -0.39 is 44.0 Å². The average Bonchev–Trinajstić information content (AvgIpc) is 3.60. The number of benzene rings is 2. The Balaban J connectivity index is 2.16. The summed E-state index contributed by atoms with van der Waals surface area (Å²) < 4.78 is 88.4. The van der Waals surface area contributed by atoms with E-state index in [1.807, 2.05) is 22.6 Å². The predicted octanol–water partition coefficient (Wildman–Crippen LogP) is 4.84. The van der Waals surface area contributed by atoms with Crippen molar-refractivity contribution in [3.8, 4) is 5.75 Å².